The normalized spacial score (nSPS) is 18.1. The van der Waals surface area contributed by atoms with E-state index in [0.29, 0.717) is 26.9 Å². The molecule has 1 aliphatic heterocycles. The molecule has 0 spiro atoms. The molecule has 1 aliphatic rings. The molecule has 7 heteroatoms. The number of rotatable bonds is 3. The van der Waals surface area contributed by atoms with Crippen LogP contribution in [0.4, 0.5) is 10.1 Å². The third-order valence-corrected chi connectivity index (χ3v) is 5.36. The van der Waals surface area contributed by atoms with Gasteiger partial charge in [0.2, 0.25) is 0 Å². The van der Waals surface area contributed by atoms with Gasteiger partial charge >= 0.3 is 0 Å². The lowest BCUT2D eigenvalue weighted by atomic mass is 9.95. The lowest BCUT2D eigenvalue weighted by Crippen LogP contribution is -2.29. The molecule has 1 N–H and O–H groups in total. The smallest absolute Gasteiger partial charge is 0.300 e. The van der Waals surface area contributed by atoms with Crippen LogP contribution in [0, 0.1) is 5.82 Å². The summed E-state index contributed by atoms with van der Waals surface area (Å²) in [6.07, 6.45) is 0. The van der Waals surface area contributed by atoms with Crippen LogP contribution in [0.5, 0.6) is 0 Å². The standard InChI is InChI=1S/C23H14Cl2FNO3/c24-15-5-1-13(2-6-15)20-19(21(28)14-3-7-16(25)8-4-14)22(29)23(30)27(20)18-11-9-17(26)10-12-18/h1-12,20,28H/b21-19+/t20-/m0/s1. The Morgan fingerprint density at radius 2 is 1.37 bits per heavy atom. The summed E-state index contributed by atoms with van der Waals surface area (Å²) in [6, 6.07) is 17.2. The molecule has 1 heterocycles. The predicted molar refractivity (Wildman–Crippen MR) is 114 cm³/mol. The van der Waals surface area contributed by atoms with Crippen molar-refractivity contribution in [3.8, 4) is 0 Å². The number of halogens is 3. The summed E-state index contributed by atoms with van der Waals surface area (Å²) < 4.78 is 13.4. The summed E-state index contributed by atoms with van der Waals surface area (Å²) in [6.45, 7) is 0. The van der Waals surface area contributed by atoms with Crippen molar-refractivity contribution >= 4 is 46.3 Å². The number of amides is 1. The zero-order chi connectivity index (χ0) is 21.4. The third-order valence-electron chi connectivity index (χ3n) is 4.85. The molecule has 30 heavy (non-hydrogen) atoms. The van der Waals surface area contributed by atoms with Gasteiger partial charge in [0.05, 0.1) is 11.6 Å². The summed E-state index contributed by atoms with van der Waals surface area (Å²) in [5.74, 6) is -2.46. The fraction of sp³-hybridized carbons (Fsp3) is 0.0435. The van der Waals surface area contributed by atoms with Crippen LogP contribution in [0.2, 0.25) is 10.0 Å². The average Bonchev–Trinajstić information content (AvgIpc) is 3.00. The molecule has 4 rings (SSSR count). The lowest BCUT2D eigenvalue weighted by molar-refractivity contribution is -0.132. The second kappa shape index (κ2) is 7.94. The van der Waals surface area contributed by atoms with Crippen molar-refractivity contribution < 1.29 is 19.1 Å². The van der Waals surface area contributed by atoms with Crippen molar-refractivity contribution in [1.29, 1.82) is 0 Å². The fourth-order valence-corrected chi connectivity index (χ4v) is 3.68. The first-order valence-electron chi connectivity index (χ1n) is 8.95. The fourth-order valence-electron chi connectivity index (χ4n) is 3.42. The highest BCUT2D eigenvalue weighted by Crippen LogP contribution is 2.42. The van der Waals surface area contributed by atoms with E-state index in [-0.39, 0.29) is 11.3 Å². The molecule has 3 aromatic rings. The van der Waals surface area contributed by atoms with Crippen LogP contribution in [-0.4, -0.2) is 16.8 Å². The maximum Gasteiger partial charge on any atom is 0.300 e. The Hall–Kier alpha value is -3.15. The van der Waals surface area contributed by atoms with E-state index in [1.807, 2.05) is 0 Å². The predicted octanol–water partition coefficient (Wildman–Crippen LogP) is 5.76. The topological polar surface area (TPSA) is 57.6 Å². The van der Waals surface area contributed by atoms with Gasteiger partial charge in [0, 0.05) is 21.3 Å². The number of ketones is 1. The Morgan fingerprint density at radius 1 is 0.833 bits per heavy atom. The van der Waals surface area contributed by atoms with Gasteiger partial charge < -0.3 is 5.11 Å². The van der Waals surface area contributed by atoms with Crippen LogP contribution in [-0.2, 0) is 9.59 Å². The van der Waals surface area contributed by atoms with E-state index in [1.165, 1.54) is 29.2 Å². The Bertz CT molecular complexity index is 1160. The van der Waals surface area contributed by atoms with Crippen molar-refractivity contribution in [2.75, 3.05) is 4.90 Å². The van der Waals surface area contributed by atoms with Gasteiger partial charge in [0.1, 0.15) is 11.6 Å². The number of anilines is 1. The minimum absolute atomic E-state index is 0.0750. The van der Waals surface area contributed by atoms with E-state index in [0.717, 1.165) is 0 Å². The maximum absolute atomic E-state index is 13.4. The van der Waals surface area contributed by atoms with Gasteiger partial charge in [-0.2, -0.15) is 0 Å². The first-order valence-corrected chi connectivity index (χ1v) is 9.70. The third kappa shape index (κ3) is 3.58. The van der Waals surface area contributed by atoms with Gasteiger partial charge in [-0.1, -0.05) is 35.3 Å². The average molecular weight is 442 g/mol. The Labute approximate surface area is 181 Å². The van der Waals surface area contributed by atoms with E-state index in [9.17, 15) is 19.1 Å². The van der Waals surface area contributed by atoms with Crippen molar-refractivity contribution in [3.05, 3.63) is 105 Å². The molecule has 4 nitrogen and oxygen atoms in total. The molecule has 150 valence electrons. The molecule has 0 aromatic heterocycles. The van der Waals surface area contributed by atoms with Gasteiger partial charge in [0.15, 0.2) is 0 Å². The molecular formula is C23H14Cl2FNO3. The monoisotopic (exact) mass is 441 g/mol. The van der Waals surface area contributed by atoms with Crippen LogP contribution >= 0.6 is 23.2 Å². The summed E-state index contributed by atoms with van der Waals surface area (Å²) in [4.78, 5) is 27.1. The molecule has 0 bridgehead atoms. The summed E-state index contributed by atoms with van der Waals surface area (Å²) in [5, 5.41) is 11.9. The maximum atomic E-state index is 13.4. The minimum Gasteiger partial charge on any atom is -0.507 e. The number of carbonyl (C=O) groups is 2. The number of hydrogen-bond donors (Lipinski definition) is 1. The lowest BCUT2D eigenvalue weighted by Gasteiger charge is -2.25. The SMILES string of the molecule is O=C1C(=O)N(c2ccc(F)cc2)[C@@H](c2ccc(Cl)cc2)/C1=C(\O)c1ccc(Cl)cc1. The number of carbonyl (C=O) groups excluding carboxylic acids is 2. The molecule has 0 radical (unpaired) electrons. The minimum atomic E-state index is -0.914. The highest BCUT2D eigenvalue weighted by Gasteiger charge is 2.46. The highest BCUT2D eigenvalue weighted by molar-refractivity contribution is 6.51. The van der Waals surface area contributed by atoms with E-state index >= 15 is 0 Å². The molecular weight excluding hydrogens is 428 g/mol. The van der Waals surface area contributed by atoms with Crippen molar-refractivity contribution in [1.82, 2.24) is 0 Å². The largest absolute Gasteiger partial charge is 0.507 e. The molecule has 1 fully saturated rings. The zero-order valence-corrected chi connectivity index (χ0v) is 16.9. The second-order valence-electron chi connectivity index (χ2n) is 6.70. The van der Waals surface area contributed by atoms with E-state index in [4.69, 9.17) is 23.2 Å². The number of hydrogen-bond acceptors (Lipinski definition) is 3. The quantitative estimate of drug-likeness (QED) is 0.319. The molecule has 1 amide bonds. The van der Waals surface area contributed by atoms with Crippen LogP contribution in [0.25, 0.3) is 5.76 Å². The van der Waals surface area contributed by atoms with Gasteiger partial charge in [-0.25, -0.2) is 4.39 Å². The summed E-state index contributed by atoms with van der Waals surface area (Å²) in [7, 11) is 0. The molecule has 1 atom stereocenters. The molecule has 3 aromatic carbocycles. The number of benzene rings is 3. The van der Waals surface area contributed by atoms with Crippen LogP contribution in [0.15, 0.2) is 78.4 Å². The van der Waals surface area contributed by atoms with E-state index in [1.54, 1.807) is 48.5 Å². The molecule has 1 saturated heterocycles. The van der Waals surface area contributed by atoms with Gasteiger partial charge in [0.25, 0.3) is 11.7 Å². The zero-order valence-electron chi connectivity index (χ0n) is 15.4. The highest BCUT2D eigenvalue weighted by atomic mass is 35.5. The Kier molecular flexibility index (Phi) is 5.33. The second-order valence-corrected chi connectivity index (χ2v) is 7.58. The van der Waals surface area contributed by atoms with Crippen molar-refractivity contribution in [2.24, 2.45) is 0 Å². The summed E-state index contributed by atoms with van der Waals surface area (Å²) in [5.41, 5.74) is 1.16. The van der Waals surface area contributed by atoms with Crippen molar-refractivity contribution in [2.45, 2.75) is 6.04 Å². The first-order chi connectivity index (χ1) is 14.4. The van der Waals surface area contributed by atoms with Gasteiger partial charge in [-0.3, -0.25) is 14.5 Å². The molecule has 0 unspecified atom stereocenters. The van der Waals surface area contributed by atoms with E-state index in [2.05, 4.69) is 0 Å². The van der Waals surface area contributed by atoms with Gasteiger partial charge in [-0.05, 0) is 66.2 Å². The van der Waals surface area contributed by atoms with Gasteiger partial charge in [-0.15, -0.1) is 0 Å². The first kappa shape index (κ1) is 20.1. The number of Topliss-reactive ketones (excluding diaryl/α,β-unsaturated/α-hetero) is 1. The Morgan fingerprint density at radius 3 is 1.93 bits per heavy atom. The molecule has 0 aliphatic carbocycles. The number of aliphatic hydroxyl groups excluding tert-OH is 1. The van der Waals surface area contributed by atoms with Crippen molar-refractivity contribution in [3.63, 3.8) is 0 Å². The Balaban J connectivity index is 1.93. The van der Waals surface area contributed by atoms with Crippen LogP contribution < -0.4 is 4.90 Å². The number of nitrogens with zero attached hydrogens (tertiary/aromatic N) is 1. The van der Waals surface area contributed by atoms with Crippen LogP contribution in [0.1, 0.15) is 17.2 Å². The van der Waals surface area contributed by atoms with E-state index < -0.39 is 23.5 Å². The molecule has 0 saturated carbocycles. The number of aliphatic hydroxyl groups is 1. The summed E-state index contributed by atoms with van der Waals surface area (Å²) >= 11 is 11.9. The van der Waals surface area contributed by atoms with Crippen LogP contribution in [0.3, 0.4) is 0 Å².